The average Bonchev–Trinajstić information content (AvgIpc) is 2.64. The summed E-state index contributed by atoms with van der Waals surface area (Å²) in [4.78, 5) is 16.2. The van der Waals surface area contributed by atoms with Gasteiger partial charge in [-0.15, -0.1) is 0 Å². The van der Waals surface area contributed by atoms with Crippen molar-refractivity contribution in [1.82, 2.24) is 15.8 Å². The first-order chi connectivity index (χ1) is 12.6. The number of nitrogens with zero attached hydrogens (tertiary/aromatic N) is 1. The monoisotopic (exact) mass is 386 g/mol. The first kappa shape index (κ1) is 17.9. The number of nitrogens with one attached hydrogen (secondary N) is 3. The predicted molar refractivity (Wildman–Crippen MR) is 106 cm³/mol. The van der Waals surface area contributed by atoms with Crippen LogP contribution in [0.4, 0.5) is 5.69 Å². The molecule has 3 aromatic rings. The smallest absolute Gasteiger partial charge is 0.276 e. The maximum absolute atomic E-state index is 11.9. The second-order valence-electron chi connectivity index (χ2n) is 5.26. The van der Waals surface area contributed by atoms with E-state index in [1.54, 1.807) is 36.5 Å². The lowest BCUT2D eigenvalue weighted by Gasteiger charge is -2.12. The minimum absolute atomic E-state index is 0.178. The Balaban J connectivity index is 1.49. The van der Waals surface area contributed by atoms with E-state index in [2.05, 4.69) is 21.2 Å². The van der Waals surface area contributed by atoms with Crippen molar-refractivity contribution in [2.45, 2.75) is 0 Å². The summed E-state index contributed by atoms with van der Waals surface area (Å²) in [7, 11) is 0. The maximum Gasteiger partial charge on any atom is 0.276 e. The molecule has 0 saturated carbocycles. The minimum atomic E-state index is -0.381. The van der Waals surface area contributed by atoms with Gasteiger partial charge in [0.2, 0.25) is 0 Å². The molecule has 26 heavy (non-hydrogen) atoms. The number of pyridine rings is 1. The first-order valence-corrected chi connectivity index (χ1v) is 8.48. The highest BCUT2D eigenvalue weighted by Crippen LogP contribution is 2.22. The van der Waals surface area contributed by atoms with Crippen molar-refractivity contribution in [3.8, 4) is 5.75 Å². The molecule has 0 aliphatic rings. The normalized spacial score (nSPS) is 10.2. The highest BCUT2D eigenvalue weighted by atomic mass is 35.5. The SMILES string of the molecule is O=C(COc1cccc2cccnc12)NNC(=S)Nc1cccc(Cl)c1. The summed E-state index contributed by atoms with van der Waals surface area (Å²) < 4.78 is 5.55. The van der Waals surface area contributed by atoms with Gasteiger partial charge in [-0.05, 0) is 42.5 Å². The van der Waals surface area contributed by atoms with E-state index in [0.717, 1.165) is 5.39 Å². The molecule has 1 amide bonds. The molecule has 0 unspecified atom stereocenters. The zero-order chi connectivity index (χ0) is 18.4. The third-order valence-electron chi connectivity index (χ3n) is 3.35. The van der Waals surface area contributed by atoms with E-state index < -0.39 is 0 Å². The Hall–Kier alpha value is -2.90. The Bertz CT molecular complexity index is 946. The molecule has 132 valence electrons. The van der Waals surface area contributed by atoms with Crippen LogP contribution in [0.25, 0.3) is 10.9 Å². The van der Waals surface area contributed by atoms with Crippen LogP contribution >= 0.6 is 23.8 Å². The molecule has 1 heterocycles. The second kappa shape index (κ2) is 8.46. The van der Waals surface area contributed by atoms with Gasteiger partial charge in [0.25, 0.3) is 5.91 Å². The number of carbonyl (C=O) groups is 1. The van der Waals surface area contributed by atoms with Gasteiger partial charge in [-0.25, -0.2) is 0 Å². The molecule has 6 nitrogen and oxygen atoms in total. The second-order valence-corrected chi connectivity index (χ2v) is 6.10. The Labute approximate surface area is 160 Å². The molecular weight excluding hydrogens is 372 g/mol. The van der Waals surface area contributed by atoms with Crippen molar-refractivity contribution in [2.75, 3.05) is 11.9 Å². The number of ether oxygens (including phenoxy) is 1. The number of aromatic nitrogens is 1. The Morgan fingerprint density at radius 1 is 1.12 bits per heavy atom. The molecule has 0 radical (unpaired) electrons. The van der Waals surface area contributed by atoms with Crippen LogP contribution in [0.1, 0.15) is 0 Å². The average molecular weight is 387 g/mol. The van der Waals surface area contributed by atoms with Gasteiger partial charge in [0, 0.05) is 22.3 Å². The maximum atomic E-state index is 11.9. The quantitative estimate of drug-likeness (QED) is 0.472. The molecule has 0 saturated heterocycles. The minimum Gasteiger partial charge on any atom is -0.481 e. The number of benzene rings is 2. The summed E-state index contributed by atoms with van der Waals surface area (Å²) in [6, 6.07) is 16.4. The third kappa shape index (κ3) is 4.81. The molecule has 0 atom stereocenters. The topological polar surface area (TPSA) is 75.3 Å². The largest absolute Gasteiger partial charge is 0.481 e. The molecule has 0 bridgehead atoms. The molecule has 0 spiro atoms. The summed E-state index contributed by atoms with van der Waals surface area (Å²) in [6.45, 7) is -0.178. The van der Waals surface area contributed by atoms with Gasteiger partial charge in [-0.1, -0.05) is 35.9 Å². The Kier molecular flexibility index (Phi) is 5.83. The molecule has 0 aliphatic heterocycles. The summed E-state index contributed by atoms with van der Waals surface area (Å²) in [5, 5.41) is 4.66. The van der Waals surface area contributed by atoms with Crippen molar-refractivity contribution < 1.29 is 9.53 Å². The number of hydrazine groups is 1. The highest BCUT2D eigenvalue weighted by molar-refractivity contribution is 7.80. The number of carbonyl (C=O) groups excluding carboxylic acids is 1. The third-order valence-corrected chi connectivity index (χ3v) is 3.79. The number of anilines is 1. The van der Waals surface area contributed by atoms with E-state index in [1.165, 1.54) is 0 Å². The van der Waals surface area contributed by atoms with Gasteiger partial charge < -0.3 is 10.1 Å². The molecule has 1 aromatic heterocycles. The summed E-state index contributed by atoms with van der Waals surface area (Å²) >= 11 is 11.0. The Morgan fingerprint density at radius 2 is 1.92 bits per heavy atom. The number of amides is 1. The van der Waals surface area contributed by atoms with E-state index in [9.17, 15) is 4.79 Å². The molecule has 8 heteroatoms. The van der Waals surface area contributed by atoms with Gasteiger partial charge in [0.1, 0.15) is 11.3 Å². The lowest BCUT2D eigenvalue weighted by atomic mass is 10.2. The number of fused-ring (bicyclic) bond motifs is 1. The van der Waals surface area contributed by atoms with E-state index >= 15 is 0 Å². The molecule has 0 fully saturated rings. The number of hydrogen-bond donors (Lipinski definition) is 3. The zero-order valence-corrected chi connectivity index (χ0v) is 15.1. The van der Waals surface area contributed by atoms with Crippen LogP contribution in [0.2, 0.25) is 5.02 Å². The number of hydrogen-bond acceptors (Lipinski definition) is 4. The van der Waals surface area contributed by atoms with Gasteiger partial charge in [-0.2, -0.15) is 0 Å². The lowest BCUT2D eigenvalue weighted by Crippen LogP contribution is -2.45. The van der Waals surface area contributed by atoms with E-state index in [-0.39, 0.29) is 17.6 Å². The van der Waals surface area contributed by atoms with Crippen LogP contribution in [0.5, 0.6) is 5.75 Å². The van der Waals surface area contributed by atoms with Crippen LogP contribution in [0.15, 0.2) is 60.8 Å². The van der Waals surface area contributed by atoms with Crippen LogP contribution in [-0.4, -0.2) is 22.6 Å². The molecular formula is C18H15ClN4O2S. The van der Waals surface area contributed by atoms with Gasteiger partial charge in [-0.3, -0.25) is 20.6 Å². The highest BCUT2D eigenvalue weighted by Gasteiger charge is 2.07. The van der Waals surface area contributed by atoms with E-state index in [0.29, 0.717) is 22.0 Å². The van der Waals surface area contributed by atoms with E-state index in [1.807, 2.05) is 24.3 Å². The van der Waals surface area contributed by atoms with Crippen molar-refractivity contribution in [2.24, 2.45) is 0 Å². The van der Waals surface area contributed by atoms with Gasteiger partial charge >= 0.3 is 0 Å². The van der Waals surface area contributed by atoms with Crippen molar-refractivity contribution >= 4 is 51.4 Å². The zero-order valence-electron chi connectivity index (χ0n) is 13.5. The van der Waals surface area contributed by atoms with Crippen LogP contribution < -0.4 is 20.9 Å². The summed E-state index contributed by atoms with van der Waals surface area (Å²) in [5.41, 5.74) is 6.48. The van der Waals surface area contributed by atoms with Crippen molar-refractivity contribution in [3.05, 3.63) is 65.8 Å². The fraction of sp³-hybridized carbons (Fsp3) is 0.0556. The number of para-hydroxylation sites is 1. The fourth-order valence-electron chi connectivity index (χ4n) is 2.23. The molecule has 0 aliphatic carbocycles. The van der Waals surface area contributed by atoms with E-state index in [4.69, 9.17) is 28.6 Å². The number of halogens is 1. The molecule has 3 rings (SSSR count). The predicted octanol–water partition coefficient (Wildman–Crippen LogP) is 3.28. The van der Waals surface area contributed by atoms with Crippen LogP contribution in [0, 0.1) is 0 Å². The van der Waals surface area contributed by atoms with Gasteiger partial charge in [0.15, 0.2) is 11.7 Å². The first-order valence-electron chi connectivity index (χ1n) is 7.70. The fourth-order valence-corrected chi connectivity index (χ4v) is 2.59. The Morgan fingerprint density at radius 3 is 2.77 bits per heavy atom. The number of rotatable bonds is 4. The molecule has 2 aromatic carbocycles. The lowest BCUT2D eigenvalue weighted by molar-refractivity contribution is -0.123. The summed E-state index contributed by atoms with van der Waals surface area (Å²) in [6.07, 6.45) is 1.68. The summed E-state index contributed by atoms with van der Waals surface area (Å²) in [5.74, 6) is 0.158. The standard InChI is InChI=1S/C18H15ClN4O2S/c19-13-6-2-7-14(10-13)21-18(26)23-22-16(24)11-25-15-8-1-4-12-5-3-9-20-17(12)15/h1-10H,11H2,(H,22,24)(H2,21,23,26). The van der Waals surface area contributed by atoms with Gasteiger partial charge in [0.05, 0.1) is 0 Å². The van der Waals surface area contributed by atoms with Crippen molar-refractivity contribution in [3.63, 3.8) is 0 Å². The van der Waals surface area contributed by atoms with Crippen LogP contribution in [0.3, 0.4) is 0 Å². The number of thiocarbonyl (C=S) groups is 1. The molecule has 3 N–H and O–H groups in total. The van der Waals surface area contributed by atoms with Crippen LogP contribution in [-0.2, 0) is 4.79 Å². The van der Waals surface area contributed by atoms with Crippen molar-refractivity contribution in [1.29, 1.82) is 0 Å².